The molecule has 5 heteroatoms. The number of aromatic nitrogens is 1. The van der Waals surface area contributed by atoms with Crippen LogP contribution in [0.3, 0.4) is 0 Å². The summed E-state index contributed by atoms with van der Waals surface area (Å²) >= 11 is 7.61. The smallest absolute Gasteiger partial charge is 0.142 e. The number of nitrogens with one attached hydrogen (secondary N) is 1. The number of halogens is 1. The molecule has 0 saturated heterocycles. The molecular formula is C14H17ClN2OS. The van der Waals surface area contributed by atoms with Gasteiger partial charge in [0, 0.05) is 11.1 Å². The second-order valence-corrected chi connectivity index (χ2v) is 5.87. The molecular weight excluding hydrogens is 280 g/mol. The molecule has 0 amide bonds. The summed E-state index contributed by atoms with van der Waals surface area (Å²) in [4.78, 5) is 5.61. The number of hydrogen-bond donors (Lipinski definition) is 1. The third-order valence-corrected chi connectivity index (χ3v) is 4.07. The van der Waals surface area contributed by atoms with Gasteiger partial charge in [0.1, 0.15) is 11.4 Å². The number of hydrogen-bond acceptors (Lipinski definition) is 4. The molecule has 0 spiro atoms. The van der Waals surface area contributed by atoms with E-state index in [0.717, 1.165) is 33.6 Å². The SMILES string of the molecule is CCCNC(c1ccc(Cl)s1)c1ncccc1OC. The number of pyridine rings is 1. The van der Waals surface area contributed by atoms with E-state index in [4.69, 9.17) is 16.3 Å². The third kappa shape index (κ3) is 3.47. The lowest BCUT2D eigenvalue weighted by Crippen LogP contribution is -2.23. The first-order valence-corrected chi connectivity index (χ1v) is 7.43. The van der Waals surface area contributed by atoms with Gasteiger partial charge in [-0.05, 0) is 37.2 Å². The van der Waals surface area contributed by atoms with Crippen LogP contribution in [0.4, 0.5) is 0 Å². The van der Waals surface area contributed by atoms with Crippen LogP contribution in [0.5, 0.6) is 5.75 Å². The van der Waals surface area contributed by atoms with E-state index in [2.05, 4.69) is 17.2 Å². The van der Waals surface area contributed by atoms with E-state index in [0.29, 0.717) is 0 Å². The second-order valence-electron chi connectivity index (χ2n) is 4.12. The molecule has 1 N–H and O–H groups in total. The van der Waals surface area contributed by atoms with Crippen LogP contribution in [-0.4, -0.2) is 18.6 Å². The van der Waals surface area contributed by atoms with Crippen LogP contribution in [0.2, 0.25) is 4.34 Å². The van der Waals surface area contributed by atoms with Gasteiger partial charge in [-0.3, -0.25) is 4.98 Å². The first-order chi connectivity index (χ1) is 9.26. The predicted octanol–water partition coefficient (Wildman–Crippen LogP) is 3.89. The van der Waals surface area contributed by atoms with Crippen molar-refractivity contribution in [2.45, 2.75) is 19.4 Å². The lowest BCUT2D eigenvalue weighted by atomic mass is 10.1. The van der Waals surface area contributed by atoms with E-state index in [1.54, 1.807) is 24.6 Å². The van der Waals surface area contributed by atoms with Crippen LogP contribution in [0.1, 0.15) is 30.0 Å². The predicted molar refractivity (Wildman–Crippen MR) is 80.3 cm³/mol. The standard InChI is InChI=1S/C14H17ClN2OS/c1-3-8-16-14(11-6-7-12(15)19-11)13-10(18-2)5-4-9-17-13/h4-7,9,14,16H,3,8H2,1-2H3. The minimum absolute atomic E-state index is 0.0219. The molecule has 0 aliphatic heterocycles. The van der Waals surface area contributed by atoms with Gasteiger partial charge in [-0.25, -0.2) is 0 Å². The van der Waals surface area contributed by atoms with Gasteiger partial charge in [0.2, 0.25) is 0 Å². The number of thiophene rings is 1. The minimum atomic E-state index is 0.0219. The zero-order valence-electron chi connectivity index (χ0n) is 11.0. The lowest BCUT2D eigenvalue weighted by Gasteiger charge is -2.18. The van der Waals surface area contributed by atoms with Crippen molar-refractivity contribution in [2.75, 3.05) is 13.7 Å². The third-order valence-electron chi connectivity index (χ3n) is 2.77. The Balaban J connectivity index is 2.36. The molecule has 0 aliphatic rings. The Hall–Kier alpha value is -1.10. The number of rotatable bonds is 6. The average molecular weight is 297 g/mol. The largest absolute Gasteiger partial charge is 0.495 e. The highest BCUT2D eigenvalue weighted by Crippen LogP contribution is 2.33. The molecule has 3 nitrogen and oxygen atoms in total. The number of ether oxygens (including phenoxy) is 1. The Bertz CT molecular complexity index is 530. The highest BCUT2D eigenvalue weighted by atomic mass is 35.5. The molecule has 0 aliphatic carbocycles. The fourth-order valence-electron chi connectivity index (χ4n) is 1.90. The van der Waals surface area contributed by atoms with Gasteiger partial charge < -0.3 is 10.1 Å². The average Bonchev–Trinajstić information content (AvgIpc) is 2.86. The van der Waals surface area contributed by atoms with E-state index in [9.17, 15) is 0 Å². The van der Waals surface area contributed by atoms with Gasteiger partial charge in [-0.2, -0.15) is 0 Å². The highest BCUT2D eigenvalue weighted by molar-refractivity contribution is 7.16. The van der Waals surface area contributed by atoms with Crippen LogP contribution in [0.15, 0.2) is 30.5 Å². The maximum absolute atomic E-state index is 6.04. The van der Waals surface area contributed by atoms with Gasteiger partial charge in [0.05, 0.1) is 17.5 Å². The quantitative estimate of drug-likeness (QED) is 0.878. The lowest BCUT2D eigenvalue weighted by molar-refractivity contribution is 0.400. The summed E-state index contributed by atoms with van der Waals surface area (Å²) in [5.74, 6) is 0.792. The summed E-state index contributed by atoms with van der Waals surface area (Å²) in [6, 6.07) is 7.78. The molecule has 0 saturated carbocycles. The van der Waals surface area contributed by atoms with Crippen LogP contribution in [0, 0.1) is 0 Å². The first-order valence-electron chi connectivity index (χ1n) is 6.23. The van der Waals surface area contributed by atoms with Crippen LogP contribution in [-0.2, 0) is 0 Å². The molecule has 102 valence electrons. The van der Waals surface area contributed by atoms with Gasteiger partial charge in [0.25, 0.3) is 0 Å². The molecule has 2 heterocycles. The maximum atomic E-state index is 6.04. The molecule has 2 rings (SSSR count). The first kappa shape index (κ1) is 14.3. The minimum Gasteiger partial charge on any atom is -0.495 e. The Morgan fingerprint density at radius 2 is 2.26 bits per heavy atom. The summed E-state index contributed by atoms with van der Waals surface area (Å²) < 4.78 is 6.19. The molecule has 0 fully saturated rings. The van der Waals surface area contributed by atoms with E-state index in [-0.39, 0.29) is 6.04 Å². The molecule has 1 atom stereocenters. The van der Waals surface area contributed by atoms with Crippen LogP contribution in [0.25, 0.3) is 0 Å². The molecule has 19 heavy (non-hydrogen) atoms. The van der Waals surface area contributed by atoms with Crippen molar-refractivity contribution in [1.82, 2.24) is 10.3 Å². The molecule has 2 aromatic heterocycles. The Morgan fingerprint density at radius 1 is 1.42 bits per heavy atom. The zero-order valence-corrected chi connectivity index (χ0v) is 12.6. The van der Waals surface area contributed by atoms with E-state index < -0.39 is 0 Å². The van der Waals surface area contributed by atoms with E-state index in [1.807, 2.05) is 24.3 Å². The molecule has 0 aromatic carbocycles. The molecule has 0 radical (unpaired) electrons. The van der Waals surface area contributed by atoms with Crippen molar-refractivity contribution >= 4 is 22.9 Å². The van der Waals surface area contributed by atoms with E-state index in [1.165, 1.54) is 0 Å². The van der Waals surface area contributed by atoms with Crippen molar-refractivity contribution in [1.29, 1.82) is 0 Å². The zero-order chi connectivity index (χ0) is 13.7. The Morgan fingerprint density at radius 3 is 2.89 bits per heavy atom. The highest BCUT2D eigenvalue weighted by Gasteiger charge is 2.20. The van der Waals surface area contributed by atoms with Crippen molar-refractivity contribution in [3.05, 3.63) is 45.4 Å². The normalized spacial score (nSPS) is 12.4. The number of methoxy groups -OCH3 is 1. The van der Waals surface area contributed by atoms with Crippen LogP contribution >= 0.6 is 22.9 Å². The maximum Gasteiger partial charge on any atom is 0.142 e. The summed E-state index contributed by atoms with van der Waals surface area (Å²) in [5, 5.41) is 3.50. The summed E-state index contributed by atoms with van der Waals surface area (Å²) in [6.07, 6.45) is 2.85. The second kappa shape index (κ2) is 6.89. The monoisotopic (exact) mass is 296 g/mol. The Kier molecular flexibility index (Phi) is 5.19. The molecule has 1 unspecified atom stereocenters. The summed E-state index contributed by atoms with van der Waals surface area (Å²) in [7, 11) is 1.67. The van der Waals surface area contributed by atoms with Crippen molar-refractivity contribution in [3.8, 4) is 5.75 Å². The van der Waals surface area contributed by atoms with Crippen LogP contribution < -0.4 is 10.1 Å². The fraction of sp³-hybridized carbons (Fsp3) is 0.357. The van der Waals surface area contributed by atoms with Gasteiger partial charge in [0.15, 0.2) is 0 Å². The summed E-state index contributed by atoms with van der Waals surface area (Å²) in [5.41, 5.74) is 0.900. The molecule has 0 bridgehead atoms. The topological polar surface area (TPSA) is 34.2 Å². The van der Waals surface area contributed by atoms with Crippen molar-refractivity contribution in [2.24, 2.45) is 0 Å². The van der Waals surface area contributed by atoms with Gasteiger partial charge in [-0.15, -0.1) is 11.3 Å². The van der Waals surface area contributed by atoms with E-state index >= 15 is 0 Å². The van der Waals surface area contributed by atoms with Crippen molar-refractivity contribution < 1.29 is 4.74 Å². The van der Waals surface area contributed by atoms with Gasteiger partial charge in [-0.1, -0.05) is 18.5 Å². The molecule has 2 aromatic rings. The Labute approximate surface area is 122 Å². The van der Waals surface area contributed by atoms with Gasteiger partial charge >= 0.3 is 0 Å². The number of nitrogens with zero attached hydrogens (tertiary/aromatic N) is 1. The fourth-order valence-corrected chi connectivity index (χ4v) is 3.04. The van der Waals surface area contributed by atoms with Crippen molar-refractivity contribution in [3.63, 3.8) is 0 Å². The summed E-state index contributed by atoms with van der Waals surface area (Å²) in [6.45, 7) is 3.06.